The Kier molecular flexibility index (Phi) is 5.72. The summed E-state index contributed by atoms with van der Waals surface area (Å²) in [5.74, 6) is 0.451. The zero-order valence-corrected chi connectivity index (χ0v) is 18.8. The van der Waals surface area contributed by atoms with Crippen molar-refractivity contribution in [1.82, 2.24) is 19.9 Å². The number of carbonyl (C=O) groups is 1. The third-order valence-corrected chi connectivity index (χ3v) is 6.64. The minimum Gasteiger partial charge on any atom is -0.349 e. The Morgan fingerprint density at radius 3 is 2.83 bits per heavy atom. The number of carbonyl (C=O) groups excluding carboxylic acids is 1. The molecule has 4 rings (SSSR count). The maximum Gasteiger partial charge on any atom is 0.256 e. The normalized spacial score (nSPS) is 19.4. The first-order valence-electron chi connectivity index (χ1n) is 10.3. The molecule has 2 atom stereocenters. The van der Waals surface area contributed by atoms with Crippen LogP contribution in [0.3, 0.4) is 0 Å². The predicted octanol–water partition coefficient (Wildman–Crippen LogP) is 5.01. The van der Waals surface area contributed by atoms with Gasteiger partial charge in [-0.3, -0.25) is 4.79 Å². The topological polar surface area (TPSA) is 59.3 Å². The number of aryl methyl sites for hydroxylation is 2. The molecule has 0 spiro atoms. The molecule has 5 nitrogen and oxygen atoms in total. The molecule has 152 valence electrons. The summed E-state index contributed by atoms with van der Waals surface area (Å²) >= 11 is 3.54. The first-order chi connectivity index (χ1) is 13.9. The lowest BCUT2D eigenvalue weighted by Gasteiger charge is -2.29. The van der Waals surface area contributed by atoms with E-state index in [2.05, 4.69) is 45.4 Å². The molecule has 2 aromatic heterocycles. The third-order valence-electron chi connectivity index (χ3n) is 6.15. The van der Waals surface area contributed by atoms with Crippen molar-refractivity contribution < 1.29 is 4.79 Å². The highest BCUT2D eigenvalue weighted by Gasteiger charge is 2.25. The van der Waals surface area contributed by atoms with Crippen molar-refractivity contribution in [3.8, 4) is 0 Å². The molecule has 0 radical (unpaired) electrons. The minimum absolute atomic E-state index is 0.0650. The molecule has 0 unspecified atom stereocenters. The summed E-state index contributed by atoms with van der Waals surface area (Å²) < 4.78 is 2.87. The lowest BCUT2D eigenvalue weighted by Crippen LogP contribution is -2.41. The molecule has 0 aliphatic heterocycles. The van der Waals surface area contributed by atoms with Crippen LogP contribution in [0.2, 0.25) is 0 Å². The van der Waals surface area contributed by atoms with E-state index in [0.717, 1.165) is 34.3 Å². The van der Waals surface area contributed by atoms with E-state index in [1.165, 1.54) is 24.8 Å². The van der Waals surface area contributed by atoms with Crippen LogP contribution in [0.4, 0.5) is 0 Å². The summed E-state index contributed by atoms with van der Waals surface area (Å²) in [4.78, 5) is 17.7. The van der Waals surface area contributed by atoms with Gasteiger partial charge in [0.2, 0.25) is 0 Å². The van der Waals surface area contributed by atoms with E-state index in [9.17, 15) is 4.79 Å². The van der Waals surface area contributed by atoms with Gasteiger partial charge in [-0.2, -0.15) is 5.10 Å². The Labute approximate surface area is 180 Å². The Morgan fingerprint density at radius 2 is 2.07 bits per heavy atom. The number of halogens is 1. The Hall–Kier alpha value is -2.21. The summed E-state index contributed by atoms with van der Waals surface area (Å²) in [6, 6.07) is 8.54. The number of fused-ring (bicyclic) bond motifs is 1. The van der Waals surface area contributed by atoms with Crippen molar-refractivity contribution in [3.05, 3.63) is 63.0 Å². The van der Waals surface area contributed by atoms with Crippen LogP contribution in [0.15, 0.2) is 34.9 Å². The quantitative estimate of drug-likeness (QED) is 0.602. The van der Waals surface area contributed by atoms with Gasteiger partial charge in [0.15, 0.2) is 5.65 Å². The van der Waals surface area contributed by atoms with Gasteiger partial charge in [0.25, 0.3) is 5.91 Å². The highest BCUT2D eigenvalue weighted by molar-refractivity contribution is 9.10. The average Bonchev–Trinajstić information content (AvgIpc) is 3.11. The van der Waals surface area contributed by atoms with Crippen LogP contribution in [-0.2, 0) is 6.42 Å². The number of hydrogen-bond donors (Lipinski definition) is 1. The number of amides is 1. The van der Waals surface area contributed by atoms with Gasteiger partial charge in [0.05, 0.1) is 6.20 Å². The smallest absolute Gasteiger partial charge is 0.256 e. The van der Waals surface area contributed by atoms with E-state index >= 15 is 0 Å². The molecule has 1 aromatic carbocycles. The van der Waals surface area contributed by atoms with E-state index in [1.54, 1.807) is 10.7 Å². The second-order valence-corrected chi connectivity index (χ2v) is 9.12. The fourth-order valence-electron chi connectivity index (χ4n) is 4.35. The number of aromatic nitrogens is 3. The van der Waals surface area contributed by atoms with Crippen molar-refractivity contribution >= 4 is 27.5 Å². The Morgan fingerprint density at radius 1 is 1.28 bits per heavy atom. The number of nitrogens with one attached hydrogen (secondary N) is 1. The Bertz CT molecular complexity index is 1060. The van der Waals surface area contributed by atoms with Crippen molar-refractivity contribution in [2.75, 3.05) is 0 Å². The summed E-state index contributed by atoms with van der Waals surface area (Å²) in [7, 11) is 0. The fourth-order valence-corrected chi connectivity index (χ4v) is 4.80. The van der Waals surface area contributed by atoms with Gasteiger partial charge in [-0.25, -0.2) is 9.50 Å². The van der Waals surface area contributed by atoms with Gasteiger partial charge in [-0.05, 0) is 55.9 Å². The van der Waals surface area contributed by atoms with Crippen LogP contribution in [0.25, 0.3) is 5.65 Å². The van der Waals surface area contributed by atoms with Gasteiger partial charge in [-0.1, -0.05) is 47.8 Å². The molecule has 1 saturated carbocycles. The predicted molar refractivity (Wildman–Crippen MR) is 118 cm³/mol. The summed E-state index contributed by atoms with van der Waals surface area (Å²) in [6.07, 6.45) is 7.09. The first-order valence-corrected chi connectivity index (χ1v) is 11.1. The second-order valence-electron chi connectivity index (χ2n) is 8.20. The van der Waals surface area contributed by atoms with Crippen LogP contribution < -0.4 is 5.32 Å². The van der Waals surface area contributed by atoms with Gasteiger partial charge in [0.1, 0.15) is 5.56 Å². The highest BCUT2D eigenvalue weighted by Crippen LogP contribution is 2.25. The maximum atomic E-state index is 13.0. The molecular weight excluding hydrogens is 428 g/mol. The van der Waals surface area contributed by atoms with E-state index in [0.29, 0.717) is 17.1 Å². The molecule has 3 aromatic rings. The molecule has 1 aliphatic carbocycles. The maximum absolute atomic E-state index is 13.0. The first kappa shape index (κ1) is 20.1. The number of rotatable bonds is 4. The standard InChI is InChI=1S/C23H27BrN4O/c1-14-7-4-5-10-21(14)27-23(29)20-13-25-28-16(3)19(15(2)26-22(20)28)12-17-8-6-9-18(24)11-17/h6,8-9,11,13-14,21H,4-5,7,10,12H2,1-3H3,(H,27,29)/t14-,21+/m1/s1. The average molecular weight is 455 g/mol. The molecule has 6 heteroatoms. The SMILES string of the molecule is Cc1nc2c(C(=O)N[C@H]3CCCC[C@H]3C)cnn2c(C)c1Cc1cccc(Br)c1. The van der Waals surface area contributed by atoms with Gasteiger partial charge >= 0.3 is 0 Å². The molecule has 1 fully saturated rings. The van der Waals surface area contributed by atoms with E-state index in [1.807, 2.05) is 26.0 Å². The van der Waals surface area contributed by atoms with E-state index in [4.69, 9.17) is 4.98 Å². The molecule has 29 heavy (non-hydrogen) atoms. The highest BCUT2D eigenvalue weighted by atomic mass is 79.9. The summed E-state index contributed by atoms with van der Waals surface area (Å²) in [5, 5.41) is 7.72. The number of benzene rings is 1. The van der Waals surface area contributed by atoms with Gasteiger partial charge in [0, 0.05) is 28.3 Å². The van der Waals surface area contributed by atoms with Gasteiger partial charge in [-0.15, -0.1) is 0 Å². The number of nitrogens with zero attached hydrogens (tertiary/aromatic N) is 3. The fraction of sp³-hybridized carbons (Fsp3) is 0.435. The van der Waals surface area contributed by atoms with Crippen LogP contribution in [0.1, 0.15) is 65.5 Å². The molecule has 1 amide bonds. The van der Waals surface area contributed by atoms with Crippen LogP contribution in [0, 0.1) is 19.8 Å². The van der Waals surface area contributed by atoms with Crippen LogP contribution in [0.5, 0.6) is 0 Å². The minimum atomic E-state index is -0.0650. The monoisotopic (exact) mass is 454 g/mol. The van der Waals surface area contributed by atoms with E-state index < -0.39 is 0 Å². The van der Waals surface area contributed by atoms with Crippen molar-refractivity contribution in [2.45, 2.75) is 58.9 Å². The Balaban J connectivity index is 1.64. The van der Waals surface area contributed by atoms with Gasteiger partial charge < -0.3 is 5.32 Å². The van der Waals surface area contributed by atoms with Crippen molar-refractivity contribution in [3.63, 3.8) is 0 Å². The summed E-state index contributed by atoms with van der Waals surface area (Å²) in [6.45, 7) is 6.28. The second kappa shape index (κ2) is 8.27. The van der Waals surface area contributed by atoms with E-state index in [-0.39, 0.29) is 11.9 Å². The van der Waals surface area contributed by atoms with Crippen LogP contribution in [-0.4, -0.2) is 26.5 Å². The molecule has 0 bridgehead atoms. The van der Waals surface area contributed by atoms with Crippen molar-refractivity contribution in [1.29, 1.82) is 0 Å². The largest absolute Gasteiger partial charge is 0.349 e. The molecule has 1 N–H and O–H groups in total. The lowest BCUT2D eigenvalue weighted by atomic mass is 9.86. The van der Waals surface area contributed by atoms with Crippen molar-refractivity contribution in [2.24, 2.45) is 5.92 Å². The molecular formula is C23H27BrN4O. The zero-order chi connectivity index (χ0) is 20.5. The molecule has 1 aliphatic rings. The molecule has 0 saturated heterocycles. The zero-order valence-electron chi connectivity index (χ0n) is 17.2. The summed E-state index contributed by atoms with van der Waals surface area (Å²) in [5.41, 5.74) is 5.52. The number of hydrogen-bond acceptors (Lipinski definition) is 3. The lowest BCUT2D eigenvalue weighted by molar-refractivity contribution is 0.0912. The van der Waals surface area contributed by atoms with Crippen LogP contribution >= 0.6 is 15.9 Å². The molecule has 2 heterocycles. The third kappa shape index (κ3) is 4.08.